The Morgan fingerprint density at radius 1 is 0.438 bits per heavy atom. The summed E-state index contributed by atoms with van der Waals surface area (Å²) in [5.41, 5.74) is 15.3. The van der Waals surface area contributed by atoms with Gasteiger partial charge in [0.05, 0.1) is 22.4 Å². The Kier molecular flexibility index (Phi) is 5.63. The van der Waals surface area contributed by atoms with Crippen LogP contribution in [0.3, 0.4) is 0 Å². The summed E-state index contributed by atoms with van der Waals surface area (Å²) in [5, 5.41) is 4.40. The van der Waals surface area contributed by atoms with Gasteiger partial charge in [-0.25, -0.2) is 9.97 Å². The van der Waals surface area contributed by atoms with Gasteiger partial charge in [-0.05, 0) is 69.8 Å². The van der Waals surface area contributed by atoms with Crippen LogP contribution in [0.15, 0.2) is 150 Å². The zero-order valence-electron chi connectivity index (χ0n) is 26.7. The monoisotopic (exact) mass is 614 g/mol. The van der Waals surface area contributed by atoms with E-state index in [-0.39, 0.29) is 5.41 Å². The second-order valence-corrected chi connectivity index (χ2v) is 13.4. The predicted molar refractivity (Wildman–Crippen MR) is 198 cm³/mol. The first-order valence-corrected chi connectivity index (χ1v) is 16.5. The number of para-hydroxylation sites is 1. The summed E-state index contributed by atoms with van der Waals surface area (Å²) >= 11 is 0. The van der Waals surface area contributed by atoms with E-state index < -0.39 is 0 Å². The van der Waals surface area contributed by atoms with Crippen LogP contribution in [0.5, 0.6) is 0 Å². The summed E-state index contributed by atoms with van der Waals surface area (Å²) in [6.45, 7) is 4.64. The van der Waals surface area contributed by atoms with Gasteiger partial charge in [-0.3, -0.25) is 0 Å². The molecule has 3 aromatic heterocycles. The minimum Gasteiger partial charge on any atom is -0.456 e. The molecule has 0 amide bonds. The van der Waals surface area contributed by atoms with Gasteiger partial charge in [0.15, 0.2) is 0 Å². The Hall–Kier alpha value is -6.06. The molecule has 3 heteroatoms. The van der Waals surface area contributed by atoms with E-state index in [1.807, 2.05) is 12.1 Å². The second-order valence-electron chi connectivity index (χ2n) is 13.4. The number of hydrogen-bond donors (Lipinski definition) is 0. The Bertz CT molecular complexity index is 2770. The molecule has 0 bridgehead atoms. The lowest BCUT2D eigenvalue weighted by atomic mass is 9.82. The molecule has 3 nitrogen and oxygen atoms in total. The van der Waals surface area contributed by atoms with Gasteiger partial charge in [0.1, 0.15) is 11.2 Å². The highest BCUT2D eigenvalue weighted by Gasteiger charge is 2.35. The van der Waals surface area contributed by atoms with Gasteiger partial charge in [-0.2, -0.15) is 0 Å². The van der Waals surface area contributed by atoms with Gasteiger partial charge in [-0.1, -0.05) is 123 Å². The van der Waals surface area contributed by atoms with E-state index in [4.69, 9.17) is 14.4 Å². The Labute approximate surface area is 278 Å². The van der Waals surface area contributed by atoms with Gasteiger partial charge in [-0.15, -0.1) is 0 Å². The van der Waals surface area contributed by atoms with Crippen LogP contribution in [0.1, 0.15) is 25.0 Å². The van der Waals surface area contributed by atoms with E-state index in [1.165, 1.54) is 22.3 Å². The molecule has 48 heavy (non-hydrogen) atoms. The van der Waals surface area contributed by atoms with Crippen molar-refractivity contribution in [2.75, 3.05) is 0 Å². The second kappa shape index (κ2) is 9.97. The predicted octanol–water partition coefficient (Wildman–Crippen LogP) is 12.0. The largest absolute Gasteiger partial charge is 0.456 e. The number of rotatable bonds is 3. The van der Waals surface area contributed by atoms with Crippen molar-refractivity contribution in [2.24, 2.45) is 0 Å². The molecule has 0 spiro atoms. The third kappa shape index (κ3) is 3.94. The average molecular weight is 615 g/mol. The molecular formula is C45H30N2O. The molecule has 0 atom stereocenters. The van der Waals surface area contributed by atoms with Crippen molar-refractivity contribution < 1.29 is 4.42 Å². The molecule has 9 aromatic rings. The Balaban J connectivity index is 1.11. The SMILES string of the molecule is CC1(C)c2ccccc2-c2ccc(-c3ccc4ccc5ccc(-c6ccccc6-c6ccc7oc8ccccc8c7c6)nc5c4n3)cc21. The minimum absolute atomic E-state index is 0.0649. The van der Waals surface area contributed by atoms with Crippen LogP contribution < -0.4 is 0 Å². The van der Waals surface area contributed by atoms with E-state index in [0.29, 0.717) is 0 Å². The lowest BCUT2D eigenvalue weighted by molar-refractivity contribution is 0.660. The van der Waals surface area contributed by atoms with E-state index >= 15 is 0 Å². The lowest BCUT2D eigenvalue weighted by Crippen LogP contribution is -2.14. The molecular weight excluding hydrogens is 585 g/mol. The molecule has 0 aliphatic heterocycles. The Morgan fingerprint density at radius 3 is 1.88 bits per heavy atom. The molecule has 0 fully saturated rings. The van der Waals surface area contributed by atoms with Crippen LogP contribution in [0.4, 0.5) is 0 Å². The summed E-state index contributed by atoms with van der Waals surface area (Å²) in [5.74, 6) is 0. The highest BCUT2D eigenvalue weighted by Crippen LogP contribution is 2.49. The summed E-state index contributed by atoms with van der Waals surface area (Å²) in [6, 6.07) is 51.7. The molecule has 6 aromatic carbocycles. The molecule has 0 N–H and O–H groups in total. The molecule has 0 saturated carbocycles. The molecule has 0 radical (unpaired) electrons. The van der Waals surface area contributed by atoms with E-state index in [0.717, 1.165) is 77.4 Å². The topological polar surface area (TPSA) is 38.9 Å². The fourth-order valence-corrected chi connectivity index (χ4v) is 7.79. The van der Waals surface area contributed by atoms with Crippen molar-refractivity contribution in [3.63, 3.8) is 0 Å². The fraction of sp³-hybridized carbons (Fsp3) is 0.0667. The molecule has 0 unspecified atom stereocenters. The first-order chi connectivity index (χ1) is 23.5. The van der Waals surface area contributed by atoms with Gasteiger partial charge in [0, 0.05) is 38.1 Å². The van der Waals surface area contributed by atoms with E-state index in [9.17, 15) is 0 Å². The van der Waals surface area contributed by atoms with Gasteiger partial charge < -0.3 is 4.42 Å². The smallest absolute Gasteiger partial charge is 0.135 e. The number of aromatic nitrogens is 2. The number of benzene rings is 6. The molecule has 1 aliphatic rings. The average Bonchev–Trinajstić information content (AvgIpc) is 3.62. The standard InChI is InChI=1S/C45H30N2O/c1-45(2)37-13-7-5-10-32(37)33-21-17-30(26-38(33)45)39-22-18-27-15-16-28-19-23-40(47-44(28)43(27)46-39)34-11-4-3-9-31(34)29-20-24-42-36(25-29)35-12-6-8-14-41(35)48-42/h3-26H,1-2H3. The number of hydrogen-bond acceptors (Lipinski definition) is 3. The molecule has 3 heterocycles. The van der Waals surface area contributed by atoms with Crippen LogP contribution in [0, 0.1) is 0 Å². The van der Waals surface area contributed by atoms with Crippen molar-refractivity contribution in [1.29, 1.82) is 0 Å². The van der Waals surface area contributed by atoms with Crippen LogP contribution in [0.2, 0.25) is 0 Å². The third-order valence-electron chi connectivity index (χ3n) is 10.3. The highest BCUT2D eigenvalue weighted by atomic mass is 16.3. The summed E-state index contributed by atoms with van der Waals surface area (Å²) in [6.07, 6.45) is 0. The highest BCUT2D eigenvalue weighted by molar-refractivity contribution is 6.07. The van der Waals surface area contributed by atoms with Crippen molar-refractivity contribution in [3.05, 3.63) is 157 Å². The van der Waals surface area contributed by atoms with Crippen LogP contribution in [0.25, 0.3) is 88.5 Å². The fourth-order valence-electron chi connectivity index (χ4n) is 7.79. The first kappa shape index (κ1) is 27.1. The van der Waals surface area contributed by atoms with E-state index in [1.54, 1.807) is 0 Å². The zero-order valence-corrected chi connectivity index (χ0v) is 26.7. The normalized spacial score (nSPS) is 13.4. The maximum atomic E-state index is 6.12. The van der Waals surface area contributed by atoms with Crippen molar-refractivity contribution in [2.45, 2.75) is 19.3 Å². The van der Waals surface area contributed by atoms with Crippen LogP contribution in [-0.2, 0) is 5.41 Å². The third-order valence-corrected chi connectivity index (χ3v) is 10.3. The maximum Gasteiger partial charge on any atom is 0.135 e. The van der Waals surface area contributed by atoms with Crippen molar-refractivity contribution >= 4 is 43.7 Å². The number of furan rings is 1. The summed E-state index contributed by atoms with van der Waals surface area (Å²) < 4.78 is 6.12. The zero-order chi connectivity index (χ0) is 32.0. The molecule has 226 valence electrons. The Morgan fingerprint density at radius 2 is 1.04 bits per heavy atom. The molecule has 0 saturated heterocycles. The minimum atomic E-state index is -0.0649. The van der Waals surface area contributed by atoms with E-state index in [2.05, 4.69) is 147 Å². The summed E-state index contributed by atoms with van der Waals surface area (Å²) in [7, 11) is 0. The van der Waals surface area contributed by atoms with Crippen molar-refractivity contribution in [3.8, 4) is 44.8 Å². The molecule has 1 aliphatic carbocycles. The first-order valence-electron chi connectivity index (χ1n) is 16.5. The maximum absolute atomic E-state index is 6.12. The van der Waals surface area contributed by atoms with Crippen LogP contribution >= 0.6 is 0 Å². The van der Waals surface area contributed by atoms with Crippen LogP contribution in [-0.4, -0.2) is 9.97 Å². The number of fused-ring (bicyclic) bond motifs is 9. The summed E-state index contributed by atoms with van der Waals surface area (Å²) in [4.78, 5) is 10.6. The number of pyridine rings is 2. The quantitative estimate of drug-likeness (QED) is 0.186. The van der Waals surface area contributed by atoms with Gasteiger partial charge in [0.2, 0.25) is 0 Å². The lowest BCUT2D eigenvalue weighted by Gasteiger charge is -2.21. The molecule has 10 rings (SSSR count). The number of nitrogens with zero attached hydrogens (tertiary/aromatic N) is 2. The van der Waals surface area contributed by atoms with Crippen molar-refractivity contribution in [1.82, 2.24) is 9.97 Å². The van der Waals surface area contributed by atoms with Gasteiger partial charge >= 0.3 is 0 Å². The van der Waals surface area contributed by atoms with Gasteiger partial charge in [0.25, 0.3) is 0 Å².